The van der Waals surface area contributed by atoms with Gasteiger partial charge in [0, 0.05) is 35.8 Å². The molecule has 26 heavy (non-hydrogen) atoms. The summed E-state index contributed by atoms with van der Waals surface area (Å²) in [6.07, 6.45) is 3.65. The molecule has 1 heterocycles. The largest absolute Gasteiger partial charge is 0.399 e. The molecular weight excluding hydrogens is 324 g/mol. The molecule has 0 aliphatic heterocycles. The number of benzene rings is 2. The van der Waals surface area contributed by atoms with Crippen LogP contribution < -0.4 is 5.32 Å². The SMILES string of the molecule is C=C(Nc1ccccc1-c1ccc(/C=N\OC)cc1)c1cn(C)nc1C. The Kier molecular flexibility index (Phi) is 5.17. The standard InChI is InChI=1S/C21H22N4O/c1-15(20-14-25(3)24-16(20)2)23-21-8-6-5-7-19(21)18-11-9-17(10-12-18)13-22-26-4/h5-14,23H,1H2,2-4H3/b22-13-. The maximum absolute atomic E-state index is 4.72. The zero-order chi connectivity index (χ0) is 18.5. The Morgan fingerprint density at radius 2 is 1.92 bits per heavy atom. The molecule has 0 saturated heterocycles. The second kappa shape index (κ2) is 7.70. The molecule has 0 unspecified atom stereocenters. The summed E-state index contributed by atoms with van der Waals surface area (Å²) in [5, 5.41) is 11.6. The predicted molar refractivity (Wildman–Crippen MR) is 107 cm³/mol. The number of aromatic nitrogens is 2. The summed E-state index contributed by atoms with van der Waals surface area (Å²) in [5.74, 6) is 0. The number of hydrogen-bond donors (Lipinski definition) is 1. The maximum atomic E-state index is 4.72. The van der Waals surface area contributed by atoms with Crippen LogP contribution in [0.25, 0.3) is 16.8 Å². The zero-order valence-electron chi connectivity index (χ0n) is 15.2. The minimum atomic E-state index is 0.826. The Morgan fingerprint density at radius 1 is 1.19 bits per heavy atom. The van der Waals surface area contributed by atoms with E-state index in [9.17, 15) is 0 Å². The molecule has 132 valence electrons. The minimum absolute atomic E-state index is 0.826. The molecule has 2 aromatic carbocycles. The predicted octanol–water partition coefficient (Wildman–Crippen LogP) is 4.46. The number of para-hydroxylation sites is 1. The highest BCUT2D eigenvalue weighted by Crippen LogP contribution is 2.30. The van der Waals surface area contributed by atoms with Crippen molar-refractivity contribution in [2.24, 2.45) is 12.2 Å². The van der Waals surface area contributed by atoms with Crippen LogP contribution in [0.1, 0.15) is 16.8 Å². The van der Waals surface area contributed by atoms with Crippen LogP contribution in [0.2, 0.25) is 0 Å². The van der Waals surface area contributed by atoms with E-state index < -0.39 is 0 Å². The molecule has 0 amide bonds. The number of nitrogens with one attached hydrogen (secondary N) is 1. The minimum Gasteiger partial charge on any atom is -0.399 e. The van der Waals surface area contributed by atoms with Crippen LogP contribution in [0.5, 0.6) is 0 Å². The van der Waals surface area contributed by atoms with Gasteiger partial charge in [-0.3, -0.25) is 4.68 Å². The molecule has 0 radical (unpaired) electrons. The molecule has 3 rings (SSSR count). The third-order valence-corrected chi connectivity index (χ3v) is 4.08. The van der Waals surface area contributed by atoms with Crippen LogP contribution in [0.4, 0.5) is 5.69 Å². The lowest BCUT2D eigenvalue weighted by Gasteiger charge is -2.14. The van der Waals surface area contributed by atoms with Crippen LogP contribution in [-0.2, 0) is 11.9 Å². The fraction of sp³-hybridized carbons (Fsp3) is 0.143. The van der Waals surface area contributed by atoms with Gasteiger partial charge in [-0.1, -0.05) is 54.2 Å². The molecule has 0 bridgehead atoms. The molecule has 0 atom stereocenters. The highest BCUT2D eigenvalue weighted by atomic mass is 16.6. The van der Waals surface area contributed by atoms with E-state index in [1.54, 1.807) is 10.9 Å². The van der Waals surface area contributed by atoms with Gasteiger partial charge in [-0.15, -0.1) is 0 Å². The summed E-state index contributed by atoms with van der Waals surface area (Å²) >= 11 is 0. The lowest BCUT2D eigenvalue weighted by molar-refractivity contribution is 0.215. The number of nitrogens with zero attached hydrogens (tertiary/aromatic N) is 3. The molecule has 5 nitrogen and oxygen atoms in total. The second-order valence-electron chi connectivity index (χ2n) is 5.99. The van der Waals surface area contributed by atoms with Crippen molar-refractivity contribution < 1.29 is 4.84 Å². The molecule has 3 aromatic rings. The quantitative estimate of drug-likeness (QED) is 0.530. The van der Waals surface area contributed by atoms with Gasteiger partial charge >= 0.3 is 0 Å². The van der Waals surface area contributed by atoms with E-state index in [1.807, 2.05) is 50.5 Å². The Balaban J connectivity index is 1.87. The van der Waals surface area contributed by atoms with E-state index in [2.05, 4.69) is 40.3 Å². The van der Waals surface area contributed by atoms with Crippen molar-refractivity contribution >= 4 is 17.6 Å². The van der Waals surface area contributed by atoms with Gasteiger partial charge in [-0.05, 0) is 24.1 Å². The smallest absolute Gasteiger partial charge is 0.106 e. The van der Waals surface area contributed by atoms with Crippen LogP contribution in [0.15, 0.2) is 66.5 Å². The van der Waals surface area contributed by atoms with Gasteiger partial charge in [0.1, 0.15) is 7.11 Å². The van der Waals surface area contributed by atoms with E-state index in [0.717, 1.165) is 39.3 Å². The van der Waals surface area contributed by atoms with Crippen molar-refractivity contribution in [2.75, 3.05) is 12.4 Å². The summed E-state index contributed by atoms with van der Waals surface area (Å²) in [7, 11) is 3.44. The lowest BCUT2D eigenvalue weighted by Crippen LogP contribution is -1.99. The summed E-state index contributed by atoms with van der Waals surface area (Å²) in [5.41, 5.74) is 6.98. The average Bonchev–Trinajstić information content (AvgIpc) is 2.99. The summed E-state index contributed by atoms with van der Waals surface area (Å²) < 4.78 is 1.80. The normalized spacial score (nSPS) is 10.9. The van der Waals surface area contributed by atoms with Gasteiger partial charge in [0.2, 0.25) is 0 Å². The lowest BCUT2D eigenvalue weighted by atomic mass is 10.0. The van der Waals surface area contributed by atoms with Gasteiger partial charge in [-0.25, -0.2) is 0 Å². The molecule has 0 saturated carbocycles. The van der Waals surface area contributed by atoms with E-state index in [1.165, 1.54) is 7.11 Å². The number of oxime groups is 1. The fourth-order valence-corrected chi connectivity index (χ4v) is 2.83. The van der Waals surface area contributed by atoms with Crippen molar-refractivity contribution in [3.05, 3.63) is 78.1 Å². The van der Waals surface area contributed by atoms with Gasteiger partial charge in [-0.2, -0.15) is 5.10 Å². The molecule has 5 heteroatoms. The highest BCUT2D eigenvalue weighted by molar-refractivity contribution is 5.87. The zero-order valence-corrected chi connectivity index (χ0v) is 15.2. The number of aryl methyl sites for hydroxylation is 2. The van der Waals surface area contributed by atoms with Gasteiger partial charge in [0.05, 0.1) is 11.9 Å². The highest BCUT2D eigenvalue weighted by Gasteiger charge is 2.10. The third-order valence-electron chi connectivity index (χ3n) is 4.08. The topological polar surface area (TPSA) is 51.4 Å². The van der Waals surface area contributed by atoms with Crippen molar-refractivity contribution in [1.82, 2.24) is 9.78 Å². The van der Waals surface area contributed by atoms with Crippen LogP contribution in [0, 0.1) is 6.92 Å². The van der Waals surface area contributed by atoms with Gasteiger partial charge < -0.3 is 10.2 Å². The van der Waals surface area contributed by atoms with Crippen molar-refractivity contribution in [3.63, 3.8) is 0 Å². The summed E-state index contributed by atoms with van der Waals surface area (Å²) in [4.78, 5) is 4.72. The Labute approximate surface area is 153 Å². The summed E-state index contributed by atoms with van der Waals surface area (Å²) in [6.45, 7) is 6.16. The Morgan fingerprint density at radius 3 is 2.58 bits per heavy atom. The first-order chi connectivity index (χ1) is 12.6. The van der Waals surface area contributed by atoms with E-state index in [0.29, 0.717) is 0 Å². The molecular formula is C21H22N4O. The van der Waals surface area contributed by atoms with Crippen molar-refractivity contribution in [3.8, 4) is 11.1 Å². The van der Waals surface area contributed by atoms with Gasteiger partial charge in [0.25, 0.3) is 0 Å². The molecule has 1 N–H and O–H groups in total. The third kappa shape index (κ3) is 3.83. The first-order valence-corrected chi connectivity index (χ1v) is 8.31. The van der Waals surface area contributed by atoms with E-state index >= 15 is 0 Å². The molecule has 0 aliphatic carbocycles. The Bertz CT molecular complexity index is 939. The average molecular weight is 346 g/mol. The fourth-order valence-electron chi connectivity index (χ4n) is 2.83. The molecule has 1 aromatic heterocycles. The van der Waals surface area contributed by atoms with E-state index in [4.69, 9.17) is 4.84 Å². The van der Waals surface area contributed by atoms with Gasteiger partial charge in [0.15, 0.2) is 0 Å². The van der Waals surface area contributed by atoms with Crippen molar-refractivity contribution in [1.29, 1.82) is 0 Å². The molecule has 0 spiro atoms. The Hall–Kier alpha value is -3.34. The van der Waals surface area contributed by atoms with Crippen LogP contribution in [0.3, 0.4) is 0 Å². The first kappa shape index (κ1) is 17.5. The number of hydrogen-bond acceptors (Lipinski definition) is 4. The number of anilines is 1. The second-order valence-corrected chi connectivity index (χ2v) is 5.99. The van der Waals surface area contributed by atoms with Crippen LogP contribution >= 0.6 is 0 Å². The first-order valence-electron chi connectivity index (χ1n) is 8.31. The maximum Gasteiger partial charge on any atom is 0.106 e. The van der Waals surface area contributed by atoms with Crippen molar-refractivity contribution in [2.45, 2.75) is 6.92 Å². The van der Waals surface area contributed by atoms with E-state index in [-0.39, 0.29) is 0 Å². The summed E-state index contributed by atoms with van der Waals surface area (Å²) in [6, 6.07) is 16.3. The number of rotatable bonds is 6. The monoisotopic (exact) mass is 346 g/mol. The molecule has 0 aliphatic rings. The molecule has 0 fully saturated rings. The van der Waals surface area contributed by atoms with Crippen LogP contribution in [-0.4, -0.2) is 23.1 Å².